The van der Waals surface area contributed by atoms with Crippen molar-refractivity contribution in [2.45, 2.75) is 12.8 Å². The highest BCUT2D eigenvalue weighted by atomic mass is 19.4. The second kappa shape index (κ2) is 4.98. The Morgan fingerprint density at radius 3 is 2.50 bits per heavy atom. The highest BCUT2D eigenvalue weighted by Crippen LogP contribution is 2.16. The highest BCUT2D eigenvalue weighted by Gasteiger charge is 2.27. The van der Waals surface area contributed by atoms with E-state index in [4.69, 9.17) is 5.11 Å². The SMILES string of the molecule is O=C(O)c1ccccc1COCC(F)(F)F. The number of alkyl halides is 3. The molecule has 0 saturated carbocycles. The number of halogens is 3. The molecule has 0 unspecified atom stereocenters. The van der Waals surface area contributed by atoms with Crippen LogP contribution in [0.15, 0.2) is 24.3 Å². The molecule has 0 spiro atoms. The minimum Gasteiger partial charge on any atom is -0.478 e. The maximum Gasteiger partial charge on any atom is 0.411 e. The number of carboxylic acids is 1. The van der Waals surface area contributed by atoms with Crippen LogP contribution in [0.4, 0.5) is 13.2 Å². The van der Waals surface area contributed by atoms with E-state index in [2.05, 4.69) is 4.74 Å². The molecule has 0 amide bonds. The van der Waals surface area contributed by atoms with Crippen LogP contribution in [-0.2, 0) is 11.3 Å². The molecule has 0 heterocycles. The van der Waals surface area contributed by atoms with Gasteiger partial charge in [-0.15, -0.1) is 0 Å². The summed E-state index contributed by atoms with van der Waals surface area (Å²) in [4.78, 5) is 10.7. The number of ether oxygens (including phenoxy) is 1. The fraction of sp³-hybridized carbons (Fsp3) is 0.300. The summed E-state index contributed by atoms with van der Waals surface area (Å²) < 4.78 is 39.7. The number of carboxylic acid groups (broad SMARTS) is 1. The number of aromatic carboxylic acids is 1. The quantitative estimate of drug-likeness (QED) is 0.870. The Balaban J connectivity index is 2.64. The van der Waals surface area contributed by atoms with E-state index < -0.39 is 18.8 Å². The lowest BCUT2D eigenvalue weighted by Gasteiger charge is -2.09. The fourth-order valence-electron chi connectivity index (χ4n) is 1.13. The van der Waals surface area contributed by atoms with E-state index in [9.17, 15) is 18.0 Å². The van der Waals surface area contributed by atoms with E-state index in [1.807, 2.05) is 0 Å². The van der Waals surface area contributed by atoms with Gasteiger partial charge in [-0.25, -0.2) is 4.79 Å². The number of carbonyl (C=O) groups is 1. The number of hydrogen-bond donors (Lipinski definition) is 1. The van der Waals surface area contributed by atoms with Crippen LogP contribution in [0.5, 0.6) is 0 Å². The van der Waals surface area contributed by atoms with Crippen molar-refractivity contribution >= 4 is 5.97 Å². The van der Waals surface area contributed by atoms with Crippen LogP contribution in [0.3, 0.4) is 0 Å². The Morgan fingerprint density at radius 1 is 1.31 bits per heavy atom. The predicted octanol–water partition coefficient (Wildman–Crippen LogP) is 2.46. The van der Waals surface area contributed by atoms with Gasteiger partial charge in [0.15, 0.2) is 0 Å². The Morgan fingerprint density at radius 2 is 1.94 bits per heavy atom. The minimum absolute atomic E-state index is 0.0512. The molecule has 3 nitrogen and oxygen atoms in total. The van der Waals surface area contributed by atoms with Gasteiger partial charge in [0.1, 0.15) is 6.61 Å². The molecule has 88 valence electrons. The first-order valence-corrected chi connectivity index (χ1v) is 4.36. The summed E-state index contributed by atoms with van der Waals surface area (Å²) in [5.74, 6) is -1.19. The summed E-state index contributed by atoms with van der Waals surface area (Å²) in [5, 5.41) is 8.75. The lowest BCUT2D eigenvalue weighted by Crippen LogP contribution is -2.17. The van der Waals surface area contributed by atoms with E-state index in [1.54, 1.807) is 6.07 Å². The number of benzene rings is 1. The zero-order chi connectivity index (χ0) is 12.2. The van der Waals surface area contributed by atoms with E-state index >= 15 is 0 Å². The van der Waals surface area contributed by atoms with Gasteiger partial charge in [0.2, 0.25) is 0 Å². The molecule has 0 aromatic heterocycles. The second-order valence-corrected chi connectivity index (χ2v) is 3.07. The van der Waals surface area contributed by atoms with Gasteiger partial charge < -0.3 is 9.84 Å². The largest absolute Gasteiger partial charge is 0.478 e. The second-order valence-electron chi connectivity index (χ2n) is 3.07. The van der Waals surface area contributed by atoms with Crippen LogP contribution in [0.1, 0.15) is 15.9 Å². The lowest BCUT2D eigenvalue weighted by molar-refractivity contribution is -0.176. The number of rotatable bonds is 4. The molecule has 0 saturated heterocycles. The normalized spacial score (nSPS) is 11.4. The molecule has 1 N–H and O–H groups in total. The molecule has 0 atom stereocenters. The van der Waals surface area contributed by atoms with Gasteiger partial charge in [0.25, 0.3) is 0 Å². The van der Waals surface area contributed by atoms with Crippen molar-refractivity contribution in [2.24, 2.45) is 0 Å². The standard InChI is InChI=1S/C10H9F3O3/c11-10(12,13)6-16-5-7-3-1-2-4-8(7)9(14)15/h1-4H,5-6H2,(H,14,15). The van der Waals surface area contributed by atoms with E-state index in [-0.39, 0.29) is 17.7 Å². The van der Waals surface area contributed by atoms with E-state index in [1.165, 1.54) is 18.2 Å². The monoisotopic (exact) mass is 234 g/mol. The Bertz CT molecular complexity index is 374. The molecule has 0 bridgehead atoms. The maximum atomic E-state index is 11.8. The molecule has 6 heteroatoms. The van der Waals surface area contributed by atoms with Crippen molar-refractivity contribution in [3.63, 3.8) is 0 Å². The predicted molar refractivity (Wildman–Crippen MR) is 49.1 cm³/mol. The van der Waals surface area contributed by atoms with Gasteiger partial charge in [-0.05, 0) is 11.6 Å². The van der Waals surface area contributed by atoms with Gasteiger partial charge in [-0.2, -0.15) is 13.2 Å². The fourth-order valence-corrected chi connectivity index (χ4v) is 1.13. The highest BCUT2D eigenvalue weighted by molar-refractivity contribution is 5.89. The average Bonchev–Trinajstić information content (AvgIpc) is 2.16. The van der Waals surface area contributed by atoms with Gasteiger partial charge in [0, 0.05) is 0 Å². The van der Waals surface area contributed by atoms with Crippen LogP contribution in [0.25, 0.3) is 0 Å². The summed E-state index contributed by atoms with van der Waals surface area (Å²) in [6.45, 7) is -1.76. The Labute approximate surface area is 89.5 Å². The molecule has 0 aliphatic carbocycles. The zero-order valence-electron chi connectivity index (χ0n) is 8.12. The Hall–Kier alpha value is -1.56. The van der Waals surface area contributed by atoms with Crippen LogP contribution >= 0.6 is 0 Å². The van der Waals surface area contributed by atoms with Gasteiger partial charge >= 0.3 is 12.1 Å². The molecular formula is C10H9F3O3. The average molecular weight is 234 g/mol. The summed E-state index contributed by atoms with van der Waals surface area (Å²) in [6.07, 6.45) is -4.40. The van der Waals surface area contributed by atoms with Crippen molar-refractivity contribution in [1.82, 2.24) is 0 Å². The first-order valence-electron chi connectivity index (χ1n) is 4.36. The summed E-state index contributed by atoms with van der Waals surface area (Å²) in [5.41, 5.74) is 0.170. The van der Waals surface area contributed by atoms with Crippen molar-refractivity contribution < 1.29 is 27.8 Å². The lowest BCUT2D eigenvalue weighted by atomic mass is 10.1. The minimum atomic E-state index is -4.40. The molecular weight excluding hydrogens is 225 g/mol. The molecule has 0 aliphatic heterocycles. The summed E-state index contributed by atoms with van der Waals surface area (Å²) in [6, 6.07) is 5.77. The summed E-state index contributed by atoms with van der Waals surface area (Å²) >= 11 is 0. The van der Waals surface area contributed by atoms with Crippen molar-refractivity contribution in [3.05, 3.63) is 35.4 Å². The first-order chi connectivity index (χ1) is 7.40. The van der Waals surface area contributed by atoms with Crippen molar-refractivity contribution in [2.75, 3.05) is 6.61 Å². The van der Waals surface area contributed by atoms with Crippen molar-refractivity contribution in [3.8, 4) is 0 Å². The molecule has 1 aromatic rings. The van der Waals surface area contributed by atoms with E-state index in [0.717, 1.165) is 0 Å². The molecule has 0 fully saturated rings. The third-order valence-electron chi connectivity index (χ3n) is 1.77. The van der Waals surface area contributed by atoms with Crippen LogP contribution in [-0.4, -0.2) is 23.9 Å². The van der Waals surface area contributed by atoms with Crippen LogP contribution < -0.4 is 0 Å². The number of hydrogen-bond acceptors (Lipinski definition) is 2. The molecule has 1 aromatic carbocycles. The topological polar surface area (TPSA) is 46.5 Å². The smallest absolute Gasteiger partial charge is 0.411 e. The first kappa shape index (κ1) is 12.5. The van der Waals surface area contributed by atoms with Crippen LogP contribution in [0, 0.1) is 0 Å². The van der Waals surface area contributed by atoms with Crippen LogP contribution in [0.2, 0.25) is 0 Å². The van der Waals surface area contributed by atoms with Gasteiger partial charge in [-0.1, -0.05) is 18.2 Å². The molecule has 0 radical (unpaired) electrons. The molecule has 1 rings (SSSR count). The summed E-state index contributed by atoms with van der Waals surface area (Å²) in [7, 11) is 0. The third kappa shape index (κ3) is 3.90. The third-order valence-corrected chi connectivity index (χ3v) is 1.77. The Kier molecular flexibility index (Phi) is 3.89. The molecule has 16 heavy (non-hydrogen) atoms. The zero-order valence-corrected chi connectivity index (χ0v) is 8.12. The van der Waals surface area contributed by atoms with E-state index in [0.29, 0.717) is 0 Å². The maximum absolute atomic E-state index is 11.8. The van der Waals surface area contributed by atoms with Crippen molar-refractivity contribution in [1.29, 1.82) is 0 Å². The van der Waals surface area contributed by atoms with Gasteiger partial charge in [-0.3, -0.25) is 0 Å². The molecule has 0 aliphatic rings. The van der Waals surface area contributed by atoms with Gasteiger partial charge in [0.05, 0.1) is 12.2 Å².